The van der Waals surface area contributed by atoms with Gasteiger partial charge in [-0.15, -0.1) is 0 Å². The molecule has 0 heterocycles. The van der Waals surface area contributed by atoms with E-state index in [0.29, 0.717) is 17.9 Å². The van der Waals surface area contributed by atoms with Crippen LogP contribution in [0.4, 0.5) is 5.69 Å². The maximum Gasteiger partial charge on any atom is 0.244 e. The van der Waals surface area contributed by atoms with Crippen molar-refractivity contribution in [1.82, 2.24) is 5.32 Å². The van der Waals surface area contributed by atoms with Gasteiger partial charge >= 0.3 is 0 Å². The summed E-state index contributed by atoms with van der Waals surface area (Å²) in [4.78, 5) is 12.6. The third-order valence-electron chi connectivity index (χ3n) is 4.03. The summed E-state index contributed by atoms with van der Waals surface area (Å²) in [5.74, 6) is 0.595. The number of methoxy groups -OCH3 is 1. The van der Waals surface area contributed by atoms with E-state index in [9.17, 15) is 13.2 Å². The fourth-order valence-electron chi connectivity index (χ4n) is 2.28. The molecule has 136 valence electrons. The Balaban J connectivity index is 3.19. The molecule has 0 unspecified atom stereocenters. The molecule has 0 spiro atoms. The van der Waals surface area contributed by atoms with Crippen LogP contribution in [0.5, 0.6) is 5.75 Å². The normalized spacial score (nSPS) is 14.1. The van der Waals surface area contributed by atoms with E-state index in [4.69, 9.17) is 4.74 Å². The van der Waals surface area contributed by atoms with E-state index < -0.39 is 16.1 Å². The molecule has 6 nitrogen and oxygen atoms in total. The zero-order valence-corrected chi connectivity index (χ0v) is 16.1. The van der Waals surface area contributed by atoms with Gasteiger partial charge in [-0.05, 0) is 43.5 Å². The quantitative estimate of drug-likeness (QED) is 0.776. The van der Waals surface area contributed by atoms with Crippen molar-refractivity contribution < 1.29 is 17.9 Å². The molecular weight excluding hydrogens is 328 g/mol. The van der Waals surface area contributed by atoms with Crippen molar-refractivity contribution in [3.63, 3.8) is 0 Å². The summed E-state index contributed by atoms with van der Waals surface area (Å²) in [6.07, 6.45) is 1.48. The molecule has 0 aliphatic rings. The summed E-state index contributed by atoms with van der Waals surface area (Å²) in [5, 5.41) is 2.91. The molecule has 7 heteroatoms. The summed E-state index contributed by atoms with van der Waals surface area (Å²) in [6, 6.07) is 5.80. The molecule has 0 aliphatic heterocycles. The number of sulfonamides is 1. The van der Waals surface area contributed by atoms with Crippen LogP contribution in [0.3, 0.4) is 0 Å². The van der Waals surface area contributed by atoms with Crippen LogP contribution in [0.2, 0.25) is 0 Å². The summed E-state index contributed by atoms with van der Waals surface area (Å²) in [6.45, 7) is 7.72. The molecule has 0 bridgehead atoms. The first kappa shape index (κ1) is 20.3. The zero-order valence-electron chi connectivity index (χ0n) is 15.2. The molecule has 0 aliphatic carbocycles. The Bertz CT molecular complexity index is 641. The summed E-state index contributed by atoms with van der Waals surface area (Å²) < 4.78 is 30.9. The molecule has 24 heavy (non-hydrogen) atoms. The van der Waals surface area contributed by atoms with Crippen LogP contribution < -0.4 is 14.4 Å². The lowest BCUT2D eigenvalue weighted by Crippen LogP contribution is -2.51. The first-order chi connectivity index (χ1) is 11.1. The number of nitrogens with one attached hydrogen (secondary N) is 1. The Hall–Kier alpha value is -1.76. The molecule has 1 N–H and O–H groups in total. The second-order valence-electron chi connectivity index (χ2n) is 6.22. The second kappa shape index (κ2) is 8.37. The monoisotopic (exact) mass is 356 g/mol. The van der Waals surface area contributed by atoms with Gasteiger partial charge in [0, 0.05) is 6.04 Å². The van der Waals surface area contributed by atoms with Crippen molar-refractivity contribution in [2.24, 2.45) is 5.92 Å². The summed E-state index contributed by atoms with van der Waals surface area (Å²) in [5.41, 5.74) is 0.442. The van der Waals surface area contributed by atoms with Gasteiger partial charge < -0.3 is 10.1 Å². The van der Waals surface area contributed by atoms with E-state index in [-0.39, 0.29) is 17.9 Å². The first-order valence-corrected chi connectivity index (χ1v) is 9.90. The smallest absolute Gasteiger partial charge is 0.244 e. The van der Waals surface area contributed by atoms with Crippen molar-refractivity contribution in [1.29, 1.82) is 0 Å². The number of anilines is 1. The van der Waals surface area contributed by atoms with Crippen LogP contribution >= 0.6 is 0 Å². The number of carbonyl (C=O) groups excluding carboxylic acids is 1. The molecule has 0 saturated heterocycles. The first-order valence-electron chi connectivity index (χ1n) is 8.05. The Kier molecular flexibility index (Phi) is 7.08. The van der Waals surface area contributed by atoms with Crippen LogP contribution in [0.15, 0.2) is 24.3 Å². The van der Waals surface area contributed by atoms with Crippen molar-refractivity contribution in [3.8, 4) is 5.75 Å². The van der Waals surface area contributed by atoms with E-state index in [0.717, 1.165) is 6.26 Å². The Morgan fingerprint density at radius 2 is 1.75 bits per heavy atom. The van der Waals surface area contributed by atoms with E-state index in [1.54, 1.807) is 38.3 Å². The van der Waals surface area contributed by atoms with Crippen molar-refractivity contribution in [3.05, 3.63) is 24.3 Å². The maximum absolute atomic E-state index is 12.6. The standard InChI is InChI=1S/C17H28N2O4S/c1-7-16(17(20)18-13(4)12(2)3)19(24(6,21)22)14-8-10-15(23-5)11-9-14/h8-13,16H,7H2,1-6H3,(H,18,20)/t13-,16-/m0/s1. The molecule has 2 atom stereocenters. The summed E-state index contributed by atoms with van der Waals surface area (Å²) >= 11 is 0. The number of benzene rings is 1. The number of hydrogen-bond donors (Lipinski definition) is 1. The van der Waals surface area contributed by atoms with Crippen LogP contribution in [0, 0.1) is 5.92 Å². The minimum atomic E-state index is -3.62. The van der Waals surface area contributed by atoms with Gasteiger partial charge in [0.2, 0.25) is 15.9 Å². The Morgan fingerprint density at radius 1 is 1.21 bits per heavy atom. The number of nitrogens with zero attached hydrogens (tertiary/aromatic N) is 1. The summed E-state index contributed by atoms with van der Waals surface area (Å²) in [7, 11) is -2.08. The lowest BCUT2D eigenvalue weighted by molar-refractivity contribution is -0.123. The largest absolute Gasteiger partial charge is 0.497 e. The highest BCUT2D eigenvalue weighted by Gasteiger charge is 2.32. The van der Waals surface area contributed by atoms with Crippen LogP contribution in [0.25, 0.3) is 0 Å². The van der Waals surface area contributed by atoms with Gasteiger partial charge in [-0.3, -0.25) is 9.10 Å². The van der Waals surface area contributed by atoms with E-state index in [1.165, 1.54) is 4.31 Å². The molecule has 1 aromatic carbocycles. The van der Waals surface area contributed by atoms with Crippen LogP contribution in [-0.2, 0) is 14.8 Å². The van der Waals surface area contributed by atoms with Gasteiger partial charge in [-0.2, -0.15) is 0 Å². The van der Waals surface area contributed by atoms with Crippen molar-refractivity contribution in [2.75, 3.05) is 17.7 Å². The number of rotatable bonds is 8. The van der Waals surface area contributed by atoms with Crippen molar-refractivity contribution in [2.45, 2.75) is 46.2 Å². The van der Waals surface area contributed by atoms with Crippen LogP contribution in [-0.4, -0.2) is 39.8 Å². The lowest BCUT2D eigenvalue weighted by Gasteiger charge is -2.31. The molecule has 0 aromatic heterocycles. The number of ether oxygens (including phenoxy) is 1. The minimum Gasteiger partial charge on any atom is -0.497 e. The molecule has 0 saturated carbocycles. The molecule has 1 aromatic rings. The molecular formula is C17H28N2O4S. The predicted octanol–water partition coefficient (Wildman–Crippen LogP) is 2.40. The number of amides is 1. The zero-order chi connectivity index (χ0) is 18.5. The van der Waals surface area contributed by atoms with Crippen molar-refractivity contribution >= 4 is 21.6 Å². The number of carbonyl (C=O) groups is 1. The lowest BCUT2D eigenvalue weighted by atomic mass is 10.1. The second-order valence-corrected chi connectivity index (χ2v) is 8.08. The molecule has 1 rings (SSSR count). The highest BCUT2D eigenvalue weighted by Crippen LogP contribution is 2.25. The Morgan fingerprint density at radius 3 is 2.12 bits per heavy atom. The van der Waals surface area contributed by atoms with E-state index in [2.05, 4.69) is 5.32 Å². The maximum atomic E-state index is 12.6. The van der Waals surface area contributed by atoms with Gasteiger partial charge in [0.1, 0.15) is 11.8 Å². The van der Waals surface area contributed by atoms with Gasteiger partial charge in [0.05, 0.1) is 19.1 Å². The molecule has 1 amide bonds. The third-order valence-corrected chi connectivity index (χ3v) is 5.21. The topological polar surface area (TPSA) is 75.7 Å². The Labute approximate surface area is 145 Å². The highest BCUT2D eigenvalue weighted by molar-refractivity contribution is 7.92. The van der Waals surface area contributed by atoms with E-state index >= 15 is 0 Å². The fourth-order valence-corrected chi connectivity index (χ4v) is 3.49. The number of hydrogen-bond acceptors (Lipinski definition) is 4. The molecule has 0 radical (unpaired) electrons. The van der Waals surface area contributed by atoms with Gasteiger partial charge in [0.25, 0.3) is 0 Å². The SMILES string of the molecule is CC[C@@H](C(=O)N[C@@H](C)C(C)C)N(c1ccc(OC)cc1)S(C)(=O)=O. The van der Waals surface area contributed by atoms with Crippen LogP contribution in [0.1, 0.15) is 34.1 Å². The van der Waals surface area contributed by atoms with Gasteiger partial charge in [-0.25, -0.2) is 8.42 Å². The predicted molar refractivity (Wildman–Crippen MR) is 96.8 cm³/mol. The molecule has 0 fully saturated rings. The van der Waals surface area contributed by atoms with E-state index in [1.807, 2.05) is 20.8 Å². The fraction of sp³-hybridized carbons (Fsp3) is 0.588. The average Bonchev–Trinajstić information content (AvgIpc) is 2.51. The highest BCUT2D eigenvalue weighted by atomic mass is 32.2. The van der Waals surface area contributed by atoms with Gasteiger partial charge in [-0.1, -0.05) is 20.8 Å². The minimum absolute atomic E-state index is 0.0381. The van der Waals surface area contributed by atoms with Gasteiger partial charge in [0.15, 0.2) is 0 Å². The third kappa shape index (κ3) is 5.12. The average molecular weight is 356 g/mol.